The van der Waals surface area contributed by atoms with Gasteiger partial charge in [0, 0.05) is 25.6 Å². The Morgan fingerprint density at radius 3 is 2.56 bits per heavy atom. The zero-order chi connectivity index (χ0) is 24.9. The van der Waals surface area contributed by atoms with Gasteiger partial charge in [0.25, 0.3) is 5.91 Å². The van der Waals surface area contributed by atoms with Crippen molar-refractivity contribution < 1.29 is 18.7 Å². The van der Waals surface area contributed by atoms with E-state index in [1.807, 2.05) is 22.8 Å². The van der Waals surface area contributed by atoms with Crippen LogP contribution in [-0.2, 0) is 29.1 Å². The number of carbonyl (C=O) groups is 2. The molecule has 2 amide bonds. The lowest BCUT2D eigenvalue weighted by molar-refractivity contribution is -0.126. The van der Waals surface area contributed by atoms with Crippen molar-refractivity contribution in [1.29, 1.82) is 0 Å². The summed E-state index contributed by atoms with van der Waals surface area (Å²) in [5.41, 5.74) is 3.34. The molecule has 0 bridgehead atoms. The maximum Gasteiger partial charge on any atom is 0.274 e. The van der Waals surface area contributed by atoms with Gasteiger partial charge in [-0.3, -0.25) is 9.59 Å². The number of imidazole rings is 1. The summed E-state index contributed by atoms with van der Waals surface area (Å²) in [7, 11) is 0. The van der Waals surface area contributed by atoms with Crippen molar-refractivity contribution in [2.24, 2.45) is 5.92 Å². The Morgan fingerprint density at radius 2 is 1.81 bits per heavy atom. The highest BCUT2D eigenvalue weighted by molar-refractivity contribution is 5.93. The third kappa shape index (κ3) is 5.49. The number of halogens is 1. The maximum absolute atomic E-state index is 13.2. The third-order valence-electron chi connectivity index (χ3n) is 7.11. The van der Waals surface area contributed by atoms with Crippen LogP contribution in [0.5, 0.6) is 0 Å². The molecule has 1 saturated heterocycles. The molecule has 0 saturated carbocycles. The Bertz CT molecular complexity index is 1190. The monoisotopic (exact) mass is 490 g/mol. The van der Waals surface area contributed by atoms with Gasteiger partial charge in [0.2, 0.25) is 5.91 Å². The van der Waals surface area contributed by atoms with E-state index in [9.17, 15) is 14.0 Å². The Morgan fingerprint density at radius 1 is 1.06 bits per heavy atom. The smallest absolute Gasteiger partial charge is 0.274 e. The van der Waals surface area contributed by atoms with E-state index in [2.05, 4.69) is 22.4 Å². The van der Waals surface area contributed by atoms with Gasteiger partial charge >= 0.3 is 0 Å². The van der Waals surface area contributed by atoms with Gasteiger partial charge < -0.3 is 19.5 Å². The number of aryl methyl sites for hydroxylation is 1. The molecule has 3 heterocycles. The first-order chi connectivity index (χ1) is 17.6. The second-order valence-electron chi connectivity index (χ2n) is 9.49. The van der Waals surface area contributed by atoms with Crippen molar-refractivity contribution in [3.63, 3.8) is 0 Å². The number of aromatic nitrogens is 2. The lowest BCUT2D eigenvalue weighted by Gasteiger charge is -2.31. The van der Waals surface area contributed by atoms with E-state index in [4.69, 9.17) is 4.74 Å². The minimum Gasteiger partial charge on any atom is -0.365 e. The Balaban J connectivity index is 1.10. The molecule has 5 rings (SSSR count). The molecule has 2 aliphatic rings. The van der Waals surface area contributed by atoms with Gasteiger partial charge in [0.15, 0.2) is 5.69 Å². The first-order valence-corrected chi connectivity index (χ1v) is 12.6. The van der Waals surface area contributed by atoms with E-state index in [-0.39, 0.29) is 36.3 Å². The lowest BCUT2D eigenvalue weighted by Crippen LogP contribution is -2.43. The molecule has 7 nitrogen and oxygen atoms in total. The molecule has 3 aromatic rings. The number of nitrogens with one attached hydrogen (secondary N) is 1. The highest BCUT2D eigenvalue weighted by Crippen LogP contribution is 2.29. The Kier molecular flexibility index (Phi) is 7.41. The highest BCUT2D eigenvalue weighted by atomic mass is 19.1. The summed E-state index contributed by atoms with van der Waals surface area (Å²) in [6, 6.07) is 16.5. The number of hydrogen-bond donors (Lipinski definition) is 1. The molecular formula is C28H31FN4O3. The molecule has 0 aliphatic carbocycles. The van der Waals surface area contributed by atoms with Crippen LogP contribution < -0.4 is 5.32 Å². The third-order valence-corrected chi connectivity index (χ3v) is 7.11. The summed E-state index contributed by atoms with van der Waals surface area (Å²) in [5, 5.41) is 3.06. The fourth-order valence-corrected chi connectivity index (χ4v) is 4.97. The van der Waals surface area contributed by atoms with Gasteiger partial charge in [-0.05, 0) is 48.9 Å². The summed E-state index contributed by atoms with van der Waals surface area (Å²) < 4.78 is 21.2. The van der Waals surface area contributed by atoms with Gasteiger partial charge in [-0.25, -0.2) is 9.37 Å². The summed E-state index contributed by atoms with van der Waals surface area (Å²) in [4.78, 5) is 32.0. The van der Waals surface area contributed by atoms with Crippen molar-refractivity contribution in [3.8, 4) is 0 Å². The van der Waals surface area contributed by atoms with Crippen LogP contribution >= 0.6 is 0 Å². The predicted molar refractivity (Wildman–Crippen MR) is 133 cm³/mol. The van der Waals surface area contributed by atoms with Crippen LogP contribution in [0, 0.1) is 11.7 Å². The average molecular weight is 491 g/mol. The first-order valence-electron chi connectivity index (χ1n) is 12.6. The van der Waals surface area contributed by atoms with Gasteiger partial charge in [0.1, 0.15) is 11.9 Å². The topological polar surface area (TPSA) is 76.5 Å². The van der Waals surface area contributed by atoms with Gasteiger partial charge in [-0.1, -0.05) is 42.5 Å². The van der Waals surface area contributed by atoms with Crippen LogP contribution in [0.2, 0.25) is 0 Å². The van der Waals surface area contributed by atoms with Crippen LogP contribution in [0.25, 0.3) is 0 Å². The molecule has 1 unspecified atom stereocenters. The number of ether oxygens (including phenoxy) is 1. The van der Waals surface area contributed by atoms with Crippen LogP contribution in [0.15, 0.2) is 60.9 Å². The molecule has 2 aromatic carbocycles. The number of piperidine rings is 1. The van der Waals surface area contributed by atoms with Crippen molar-refractivity contribution in [3.05, 3.63) is 89.3 Å². The fourth-order valence-electron chi connectivity index (χ4n) is 4.97. The van der Waals surface area contributed by atoms with Crippen molar-refractivity contribution >= 4 is 11.8 Å². The second-order valence-corrected chi connectivity index (χ2v) is 9.49. The predicted octanol–water partition coefficient (Wildman–Crippen LogP) is 3.89. The quantitative estimate of drug-likeness (QED) is 0.510. The normalized spacial score (nSPS) is 18.0. The summed E-state index contributed by atoms with van der Waals surface area (Å²) in [5.74, 6) is -0.388. The van der Waals surface area contributed by atoms with E-state index in [1.54, 1.807) is 23.4 Å². The molecular weight excluding hydrogens is 459 g/mol. The van der Waals surface area contributed by atoms with E-state index in [1.165, 1.54) is 17.7 Å². The molecule has 0 spiro atoms. The minimum absolute atomic E-state index is 0.0681. The number of hydrogen-bond acceptors (Lipinski definition) is 4. The highest BCUT2D eigenvalue weighted by Gasteiger charge is 2.32. The van der Waals surface area contributed by atoms with Crippen molar-refractivity contribution in [2.75, 3.05) is 19.6 Å². The number of nitrogens with zero attached hydrogens (tertiary/aromatic N) is 3. The zero-order valence-electron chi connectivity index (χ0n) is 20.2. The number of fused-ring (bicyclic) bond motifs is 1. The van der Waals surface area contributed by atoms with Crippen LogP contribution in [0.4, 0.5) is 4.39 Å². The van der Waals surface area contributed by atoms with Gasteiger partial charge in [-0.2, -0.15) is 0 Å². The van der Waals surface area contributed by atoms with E-state index < -0.39 is 0 Å². The number of likely N-dealkylation sites (tertiary alicyclic amines) is 1. The average Bonchev–Trinajstić information content (AvgIpc) is 3.35. The molecule has 1 atom stereocenters. The standard InChI is InChI=1S/C28H31FN4O3/c29-23-10-8-21(9-11-23)25-17-33-19-31-26(24(33)18-36-25)28(35)32-15-12-22(13-16-32)27(34)30-14-4-7-20-5-2-1-3-6-20/h1-3,5-6,8-11,19,22,25H,4,7,12-18H2,(H,30,34). The van der Waals surface area contributed by atoms with Gasteiger partial charge in [0.05, 0.1) is 25.2 Å². The van der Waals surface area contributed by atoms with E-state index >= 15 is 0 Å². The molecule has 2 aliphatic heterocycles. The number of benzene rings is 2. The molecule has 36 heavy (non-hydrogen) atoms. The van der Waals surface area contributed by atoms with Gasteiger partial charge in [-0.15, -0.1) is 0 Å². The van der Waals surface area contributed by atoms with Crippen LogP contribution in [-0.4, -0.2) is 45.9 Å². The number of carbonyl (C=O) groups excluding carboxylic acids is 2. The second kappa shape index (κ2) is 11.0. The molecule has 1 N–H and O–H groups in total. The molecule has 8 heteroatoms. The summed E-state index contributed by atoms with van der Waals surface area (Å²) >= 11 is 0. The Hall–Kier alpha value is -3.52. The fraction of sp³-hybridized carbons (Fsp3) is 0.393. The maximum atomic E-state index is 13.2. The molecule has 188 valence electrons. The first kappa shape index (κ1) is 24.2. The lowest BCUT2D eigenvalue weighted by atomic mass is 9.95. The van der Waals surface area contributed by atoms with Crippen LogP contribution in [0.1, 0.15) is 52.7 Å². The number of rotatable bonds is 7. The minimum atomic E-state index is -0.282. The summed E-state index contributed by atoms with van der Waals surface area (Å²) in [6.45, 7) is 2.52. The SMILES string of the molecule is O=C(NCCCc1ccccc1)C1CCN(C(=O)c2ncn3c2COC(c2ccc(F)cc2)C3)CC1. The van der Waals surface area contributed by atoms with Crippen molar-refractivity contribution in [2.45, 2.75) is 44.9 Å². The van der Waals surface area contributed by atoms with E-state index in [0.29, 0.717) is 44.7 Å². The largest absolute Gasteiger partial charge is 0.365 e. The number of amides is 2. The summed E-state index contributed by atoms with van der Waals surface area (Å²) in [6.07, 6.45) is 4.61. The molecule has 1 fully saturated rings. The Labute approximate surface area is 210 Å². The van der Waals surface area contributed by atoms with E-state index in [0.717, 1.165) is 24.1 Å². The van der Waals surface area contributed by atoms with Crippen molar-refractivity contribution in [1.82, 2.24) is 19.8 Å². The zero-order valence-corrected chi connectivity index (χ0v) is 20.2. The van der Waals surface area contributed by atoms with Crippen LogP contribution in [0.3, 0.4) is 0 Å². The molecule has 1 aromatic heterocycles. The molecule has 0 radical (unpaired) electrons.